The topological polar surface area (TPSA) is 33.1 Å². The quantitative estimate of drug-likeness (QED) is 0.703. The summed E-state index contributed by atoms with van der Waals surface area (Å²) in [6.45, 7) is 6.76. The number of benzene rings is 2. The SMILES string of the molecule is Cc1nn(Cc2ccccc2)c(C)c1CNCc1ccc(N(C)C)cc1. The fraction of sp³-hybridized carbons (Fsp3) is 0.318. The Morgan fingerprint density at radius 2 is 1.58 bits per heavy atom. The number of aromatic nitrogens is 2. The summed E-state index contributed by atoms with van der Waals surface area (Å²) in [4.78, 5) is 2.12. The highest BCUT2D eigenvalue weighted by atomic mass is 15.3. The first-order valence-electron chi connectivity index (χ1n) is 9.08. The van der Waals surface area contributed by atoms with Gasteiger partial charge >= 0.3 is 0 Å². The van der Waals surface area contributed by atoms with Crippen LogP contribution in [0, 0.1) is 13.8 Å². The van der Waals surface area contributed by atoms with E-state index in [9.17, 15) is 0 Å². The predicted octanol–water partition coefficient (Wildman–Crippen LogP) is 3.90. The van der Waals surface area contributed by atoms with E-state index in [0.29, 0.717) is 0 Å². The molecule has 26 heavy (non-hydrogen) atoms. The van der Waals surface area contributed by atoms with Crippen LogP contribution >= 0.6 is 0 Å². The molecule has 136 valence electrons. The van der Waals surface area contributed by atoms with Crippen molar-refractivity contribution in [3.05, 3.63) is 82.7 Å². The molecule has 1 N–H and O–H groups in total. The summed E-state index contributed by atoms with van der Waals surface area (Å²) in [5.41, 5.74) is 7.44. The highest BCUT2D eigenvalue weighted by Gasteiger charge is 2.11. The van der Waals surface area contributed by atoms with Gasteiger partial charge in [0, 0.05) is 44.1 Å². The van der Waals surface area contributed by atoms with Gasteiger partial charge in [0.1, 0.15) is 0 Å². The molecule has 0 saturated heterocycles. The minimum absolute atomic E-state index is 0.819. The molecule has 0 aliphatic heterocycles. The summed E-state index contributed by atoms with van der Waals surface area (Å²) in [7, 11) is 4.12. The molecular weight excluding hydrogens is 320 g/mol. The van der Waals surface area contributed by atoms with Crippen molar-refractivity contribution >= 4 is 5.69 Å². The first-order valence-corrected chi connectivity index (χ1v) is 9.08. The minimum Gasteiger partial charge on any atom is -0.378 e. The average Bonchev–Trinajstić information content (AvgIpc) is 2.90. The molecule has 0 unspecified atom stereocenters. The molecule has 0 fully saturated rings. The third-order valence-corrected chi connectivity index (χ3v) is 4.79. The van der Waals surface area contributed by atoms with E-state index < -0.39 is 0 Å². The summed E-state index contributed by atoms with van der Waals surface area (Å²) in [5, 5.41) is 8.29. The second kappa shape index (κ2) is 8.19. The number of hydrogen-bond acceptors (Lipinski definition) is 3. The van der Waals surface area contributed by atoms with Crippen molar-refractivity contribution in [3.63, 3.8) is 0 Å². The third-order valence-electron chi connectivity index (χ3n) is 4.79. The Labute approximate surface area is 156 Å². The second-order valence-corrected chi connectivity index (χ2v) is 6.96. The summed E-state index contributed by atoms with van der Waals surface area (Å²) in [5.74, 6) is 0. The molecular formula is C22H28N4. The standard InChI is InChI=1S/C22H28N4/c1-17-22(15-23-14-19-10-12-21(13-11-19)25(3)4)18(2)26(24-17)16-20-8-6-5-7-9-20/h5-13,23H,14-16H2,1-4H3. The first kappa shape index (κ1) is 18.2. The van der Waals surface area contributed by atoms with Crippen LogP contribution < -0.4 is 10.2 Å². The van der Waals surface area contributed by atoms with Crippen molar-refractivity contribution in [1.29, 1.82) is 0 Å². The molecule has 0 bridgehead atoms. The molecule has 0 atom stereocenters. The van der Waals surface area contributed by atoms with E-state index in [4.69, 9.17) is 5.10 Å². The fourth-order valence-electron chi connectivity index (χ4n) is 3.14. The maximum Gasteiger partial charge on any atom is 0.0662 e. The van der Waals surface area contributed by atoms with Gasteiger partial charge in [-0.25, -0.2) is 0 Å². The van der Waals surface area contributed by atoms with Gasteiger partial charge in [-0.3, -0.25) is 4.68 Å². The number of nitrogens with one attached hydrogen (secondary N) is 1. The lowest BCUT2D eigenvalue weighted by atomic mass is 10.1. The van der Waals surface area contributed by atoms with Gasteiger partial charge in [0.15, 0.2) is 0 Å². The van der Waals surface area contributed by atoms with Crippen LogP contribution in [0.25, 0.3) is 0 Å². The Morgan fingerprint density at radius 1 is 0.885 bits per heavy atom. The van der Waals surface area contributed by atoms with Crippen LogP contribution in [0.3, 0.4) is 0 Å². The van der Waals surface area contributed by atoms with E-state index in [-0.39, 0.29) is 0 Å². The van der Waals surface area contributed by atoms with E-state index in [1.54, 1.807) is 0 Å². The van der Waals surface area contributed by atoms with Crippen molar-refractivity contribution in [3.8, 4) is 0 Å². The molecule has 4 heteroatoms. The highest BCUT2D eigenvalue weighted by molar-refractivity contribution is 5.46. The second-order valence-electron chi connectivity index (χ2n) is 6.96. The fourth-order valence-corrected chi connectivity index (χ4v) is 3.14. The normalized spacial score (nSPS) is 10.9. The smallest absolute Gasteiger partial charge is 0.0662 e. The molecule has 0 spiro atoms. The van der Waals surface area contributed by atoms with E-state index in [0.717, 1.165) is 25.3 Å². The van der Waals surface area contributed by atoms with Crippen molar-refractivity contribution in [2.45, 2.75) is 33.5 Å². The van der Waals surface area contributed by atoms with Gasteiger partial charge < -0.3 is 10.2 Å². The van der Waals surface area contributed by atoms with Gasteiger partial charge in [-0.1, -0.05) is 42.5 Å². The Balaban J connectivity index is 1.61. The minimum atomic E-state index is 0.819. The van der Waals surface area contributed by atoms with E-state index >= 15 is 0 Å². The maximum atomic E-state index is 4.73. The van der Waals surface area contributed by atoms with Gasteiger partial charge in [-0.05, 0) is 37.1 Å². The zero-order valence-corrected chi connectivity index (χ0v) is 16.2. The van der Waals surface area contributed by atoms with Crippen LogP contribution in [-0.2, 0) is 19.6 Å². The summed E-state index contributed by atoms with van der Waals surface area (Å²) >= 11 is 0. The van der Waals surface area contributed by atoms with E-state index in [1.165, 1.54) is 28.1 Å². The predicted molar refractivity (Wildman–Crippen MR) is 109 cm³/mol. The van der Waals surface area contributed by atoms with Gasteiger partial charge in [0.2, 0.25) is 0 Å². The molecule has 2 aromatic carbocycles. The molecule has 0 amide bonds. The molecule has 0 saturated carbocycles. The molecule has 3 aromatic rings. The van der Waals surface area contributed by atoms with Crippen LogP contribution in [0.4, 0.5) is 5.69 Å². The molecule has 0 aliphatic rings. The lowest BCUT2D eigenvalue weighted by Gasteiger charge is -2.13. The van der Waals surface area contributed by atoms with Crippen molar-refractivity contribution in [2.24, 2.45) is 0 Å². The number of anilines is 1. The van der Waals surface area contributed by atoms with Crippen molar-refractivity contribution < 1.29 is 0 Å². The van der Waals surface area contributed by atoms with Crippen LogP contribution in [-0.4, -0.2) is 23.9 Å². The zero-order chi connectivity index (χ0) is 18.5. The Bertz CT molecular complexity index is 833. The summed E-state index contributed by atoms with van der Waals surface area (Å²) in [6.07, 6.45) is 0. The number of rotatable bonds is 7. The molecule has 3 rings (SSSR count). The van der Waals surface area contributed by atoms with Crippen molar-refractivity contribution in [2.75, 3.05) is 19.0 Å². The molecule has 4 nitrogen and oxygen atoms in total. The Kier molecular flexibility index (Phi) is 5.74. The number of aryl methyl sites for hydroxylation is 1. The Morgan fingerprint density at radius 3 is 2.23 bits per heavy atom. The maximum absolute atomic E-state index is 4.73. The van der Waals surface area contributed by atoms with Crippen molar-refractivity contribution in [1.82, 2.24) is 15.1 Å². The molecule has 1 heterocycles. The average molecular weight is 348 g/mol. The van der Waals surface area contributed by atoms with Gasteiger partial charge in [-0.15, -0.1) is 0 Å². The highest BCUT2D eigenvalue weighted by Crippen LogP contribution is 2.16. The monoisotopic (exact) mass is 348 g/mol. The summed E-state index contributed by atoms with van der Waals surface area (Å²) < 4.78 is 2.10. The van der Waals surface area contributed by atoms with Crippen LogP contribution in [0.5, 0.6) is 0 Å². The van der Waals surface area contributed by atoms with Crippen LogP contribution in [0.2, 0.25) is 0 Å². The molecule has 0 radical (unpaired) electrons. The van der Waals surface area contributed by atoms with E-state index in [1.807, 2.05) is 6.07 Å². The Hall–Kier alpha value is -2.59. The first-order chi connectivity index (χ1) is 12.5. The summed E-state index contributed by atoms with van der Waals surface area (Å²) in [6, 6.07) is 19.2. The largest absolute Gasteiger partial charge is 0.378 e. The van der Waals surface area contributed by atoms with Gasteiger partial charge in [0.05, 0.1) is 12.2 Å². The van der Waals surface area contributed by atoms with Gasteiger partial charge in [-0.2, -0.15) is 5.10 Å². The van der Waals surface area contributed by atoms with E-state index in [2.05, 4.69) is 91.4 Å². The van der Waals surface area contributed by atoms with Crippen LogP contribution in [0.15, 0.2) is 54.6 Å². The third kappa shape index (κ3) is 4.33. The van der Waals surface area contributed by atoms with Crippen LogP contribution in [0.1, 0.15) is 28.1 Å². The van der Waals surface area contributed by atoms with Gasteiger partial charge in [0.25, 0.3) is 0 Å². The lowest BCUT2D eigenvalue weighted by Crippen LogP contribution is -2.14. The molecule has 1 aromatic heterocycles. The lowest BCUT2D eigenvalue weighted by molar-refractivity contribution is 0.653. The zero-order valence-electron chi connectivity index (χ0n) is 16.2. The number of nitrogens with zero attached hydrogens (tertiary/aromatic N) is 3. The molecule has 0 aliphatic carbocycles. The number of hydrogen-bond donors (Lipinski definition) is 1.